The minimum Gasteiger partial charge on any atom is -0.370 e. The van der Waals surface area contributed by atoms with Crippen LogP contribution in [0.2, 0.25) is 0 Å². The van der Waals surface area contributed by atoms with Crippen LogP contribution in [0.5, 0.6) is 0 Å². The Labute approximate surface area is 131 Å². The van der Waals surface area contributed by atoms with Crippen molar-refractivity contribution in [3.05, 3.63) is 0 Å². The van der Waals surface area contributed by atoms with Crippen LogP contribution in [0, 0.1) is 0 Å². The fourth-order valence-electron chi connectivity index (χ4n) is 4.61. The van der Waals surface area contributed by atoms with Gasteiger partial charge in [0.1, 0.15) is 0 Å². The second kappa shape index (κ2) is 7.43. The van der Waals surface area contributed by atoms with E-state index in [0.29, 0.717) is 6.10 Å². The van der Waals surface area contributed by atoms with Gasteiger partial charge in [0, 0.05) is 18.6 Å². The highest BCUT2D eigenvalue weighted by Gasteiger charge is 2.42. The van der Waals surface area contributed by atoms with Crippen LogP contribution in [-0.2, 0) is 4.74 Å². The van der Waals surface area contributed by atoms with Gasteiger partial charge in [0.2, 0.25) is 0 Å². The fraction of sp³-hybridized carbons (Fsp3) is 1.00. The van der Waals surface area contributed by atoms with Gasteiger partial charge < -0.3 is 10.5 Å². The molecule has 21 heavy (non-hydrogen) atoms. The summed E-state index contributed by atoms with van der Waals surface area (Å²) < 4.78 is 6.57. The molecule has 3 heteroatoms. The van der Waals surface area contributed by atoms with Crippen LogP contribution in [0.3, 0.4) is 0 Å². The lowest BCUT2D eigenvalue weighted by Crippen LogP contribution is -2.55. The van der Waals surface area contributed by atoms with Gasteiger partial charge in [-0.2, -0.15) is 0 Å². The van der Waals surface area contributed by atoms with Gasteiger partial charge in [-0.05, 0) is 45.1 Å². The third kappa shape index (κ3) is 3.62. The Morgan fingerprint density at radius 1 is 1.10 bits per heavy atom. The summed E-state index contributed by atoms with van der Waals surface area (Å²) in [5.74, 6) is 0. The molecule has 1 aliphatic carbocycles. The highest BCUT2D eigenvalue weighted by Crippen LogP contribution is 2.42. The fourth-order valence-corrected chi connectivity index (χ4v) is 4.61. The lowest BCUT2D eigenvalue weighted by molar-refractivity contribution is -0.0811. The zero-order valence-electron chi connectivity index (χ0n) is 14.5. The summed E-state index contributed by atoms with van der Waals surface area (Å²) in [7, 11) is 0. The first-order chi connectivity index (χ1) is 10.1. The molecule has 0 aromatic carbocycles. The minimum atomic E-state index is 0.167. The second-order valence-electron chi connectivity index (χ2n) is 7.20. The normalized spacial score (nSPS) is 25.9. The molecular formula is C18H36N2O. The van der Waals surface area contributed by atoms with Crippen LogP contribution in [0.4, 0.5) is 0 Å². The first kappa shape index (κ1) is 17.2. The largest absolute Gasteiger partial charge is 0.370 e. The van der Waals surface area contributed by atoms with Crippen LogP contribution in [-0.4, -0.2) is 41.8 Å². The van der Waals surface area contributed by atoms with E-state index in [2.05, 4.69) is 25.7 Å². The molecule has 1 heterocycles. The van der Waals surface area contributed by atoms with Crippen LogP contribution in [0.1, 0.15) is 78.6 Å². The Morgan fingerprint density at radius 2 is 1.76 bits per heavy atom. The van der Waals surface area contributed by atoms with Gasteiger partial charge >= 0.3 is 0 Å². The van der Waals surface area contributed by atoms with Gasteiger partial charge in [-0.25, -0.2) is 0 Å². The smallest absolute Gasteiger partial charge is 0.0710 e. The van der Waals surface area contributed by atoms with Crippen molar-refractivity contribution in [2.75, 3.05) is 19.6 Å². The van der Waals surface area contributed by atoms with Crippen molar-refractivity contribution in [2.45, 2.75) is 95.8 Å². The summed E-state index contributed by atoms with van der Waals surface area (Å²) >= 11 is 0. The molecule has 0 aromatic rings. The number of likely N-dealkylation sites (N-methyl/N-ethyl adjacent to an activating group) is 1. The van der Waals surface area contributed by atoms with Crippen molar-refractivity contribution in [1.82, 2.24) is 4.90 Å². The van der Waals surface area contributed by atoms with E-state index in [9.17, 15) is 0 Å². The van der Waals surface area contributed by atoms with Gasteiger partial charge in [0.25, 0.3) is 0 Å². The summed E-state index contributed by atoms with van der Waals surface area (Å²) in [6.07, 6.45) is 11.9. The molecule has 1 saturated heterocycles. The average molecular weight is 296 g/mol. The number of ether oxygens (including phenoxy) is 1. The Morgan fingerprint density at radius 3 is 2.29 bits per heavy atom. The van der Waals surface area contributed by atoms with Crippen molar-refractivity contribution < 1.29 is 4.74 Å². The second-order valence-corrected chi connectivity index (χ2v) is 7.20. The lowest BCUT2D eigenvalue weighted by Gasteiger charge is -2.43. The zero-order valence-corrected chi connectivity index (χ0v) is 14.5. The third-order valence-electron chi connectivity index (χ3n) is 6.28. The Kier molecular flexibility index (Phi) is 6.10. The van der Waals surface area contributed by atoms with Crippen molar-refractivity contribution >= 4 is 0 Å². The topological polar surface area (TPSA) is 38.5 Å². The maximum absolute atomic E-state index is 6.57. The maximum atomic E-state index is 6.57. The molecule has 1 spiro atoms. The number of rotatable bonds is 7. The van der Waals surface area contributed by atoms with E-state index < -0.39 is 0 Å². The van der Waals surface area contributed by atoms with Crippen LogP contribution in [0.15, 0.2) is 0 Å². The van der Waals surface area contributed by atoms with Crippen LogP contribution in [0.25, 0.3) is 0 Å². The first-order valence-electron chi connectivity index (χ1n) is 9.26. The minimum absolute atomic E-state index is 0.167. The Hall–Kier alpha value is -0.120. The molecular weight excluding hydrogens is 260 g/mol. The van der Waals surface area contributed by atoms with Gasteiger partial charge in [-0.1, -0.05) is 40.0 Å². The Bertz CT molecular complexity index is 300. The molecule has 2 aliphatic rings. The summed E-state index contributed by atoms with van der Waals surface area (Å²) in [5, 5.41) is 0. The molecule has 1 atom stereocenters. The van der Waals surface area contributed by atoms with E-state index >= 15 is 0 Å². The molecule has 124 valence electrons. The quantitative estimate of drug-likeness (QED) is 0.778. The highest BCUT2D eigenvalue weighted by molar-refractivity contribution is 4.95. The number of hydrogen-bond donors (Lipinski definition) is 1. The van der Waals surface area contributed by atoms with Gasteiger partial charge in [-0.3, -0.25) is 4.90 Å². The van der Waals surface area contributed by atoms with Crippen LogP contribution < -0.4 is 5.73 Å². The third-order valence-corrected chi connectivity index (χ3v) is 6.28. The SMILES string of the molecule is CCN(CC1CCC2(CCCCC2)O1)C(CC)(CC)CN. The molecule has 1 unspecified atom stereocenters. The molecule has 3 nitrogen and oxygen atoms in total. The standard InChI is InChI=1S/C18H36N2O/c1-4-17(5-2,15-19)20(6-3)14-16-10-13-18(21-16)11-8-7-9-12-18/h16H,4-15,19H2,1-3H3. The molecule has 1 aliphatic heterocycles. The molecule has 1 saturated carbocycles. The predicted octanol–water partition coefficient (Wildman–Crippen LogP) is 3.71. The average Bonchev–Trinajstić information content (AvgIpc) is 2.91. The maximum Gasteiger partial charge on any atom is 0.0710 e. The molecule has 0 aromatic heterocycles. The number of nitrogens with two attached hydrogens (primary N) is 1. The van der Waals surface area contributed by atoms with Crippen molar-refractivity contribution in [3.8, 4) is 0 Å². The highest BCUT2D eigenvalue weighted by atomic mass is 16.5. The van der Waals surface area contributed by atoms with Crippen LogP contribution >= 0.6 is 0 Å². The summed E-state index contributed by atoms with van der Waals surface area (Å²) in [6, 6.07) is 0. The first-order valence-corrected chi connectivity index (χ1v) is 9.26. The molecule has 0 amide bonds. The summed E-state index contributed by atoms with van der Waals surface area (Å²) in [4.78, 5) is 2.60. The van der Waals surface area contributed by atoms with E-state index in [4.69, 9.17) is 10.5 Å². The monoisotopic (exact) mass is 296 g/mol. The molecule has 2 rings (SSSR count). The molecule has 0 radical (unpaired) electrons. The predicted molar refractivity (Wildman–Crippen MR) is 89.5 cm³/mol. The van der Waals surface area contributed by atoms with Crippen molar-refractivity contribution in [1.29, 1.82) is 0 Å². The molecule has 2 fully saturated rings. The molecule has 2 N–H and O–H groups in total. The van der Waals surface area contributed by atoms with E-state index in [1.54, 1.807) is 0 Å². The van der Waals surface area contributed by atoms with E-state index in [1.807, 2.05) is 0 Å². The van der Waals surface area contributed by atoms with Gasteiger partial charge in [-0.15, -0.1) is 0 Å². The van der Waals surface area contributed by atoms with Gasteiger partial charge in [0.15, 0.2) is 0 Å². The zero-order chi connectivity index (χ0) is 15.3. The number of hydrogen-bond acceptors (Lipinski definition) is 3. The number of nitrogens with zero attached hydrogens (tertiary/aromatic N) is 1. The van der Waals surface area contributed by atoms with E-state index in [-0.39, 0.29) is 11.1 Å². The lowest BCUT2D eigenvalue weighted by atomic mass is 9.83. The van der Waals surface area contributed by atoms with Crippen molar-refractivity contribution in [2.24, 2.45) is 5.73 Å². The summed E-state index contributed by atoms with van der Waals surface area (Å²) in [5.41, 5.74) is 6.54. The van der Waals surface area contributed by atoms with E-state index in [0.717, 1.165) is 32.5 Å². The molecule has 0 bridgehead atoms. The Balaban J connectivity index is 1.96. The van der Waals surface area contributed by atoms with Crippen molar-refractivity contribution in [3.63, 3.8) is 0 Å². The summed E-state index contributed by atoms with van der Waals surface area (Å²) in [6.45, 7) is 9.71. The van der Waals surface area contributed by atoms with Gasteiger partial charge in [0.05, 0.1) is 11.7 Å². The van der Waals surface area contributed by atoms with E-state index in [1.165, 1.54) is 44.9 Å².